The molecule has 6 heteroatoms. The van der Waals surface area contributed by atoms with E-state index < -0.39 is 0 Å². The third kappa shape index (κ3) is 2.77. The van der Waals surface area contributed by atoms with E-state index in [1.165, 1.54) is 6.20 Å². The monoisotopic (exact) mass is 248 g/mol. The number of aromatic nitrogens is 2. The van der Waals surface area contributed by atoms with Crippen molar-refractivity contribution in [2.75, 3.05) is 0 Å². The van der Waals surface area contributed by atoms with Crippen LogP contribution >= 0.6 is 0 Å². The molecule has 1 aliphatic carbocycles. The fraction of sp³-hybridized carbons (Fsp3) is 0.417. The standard InChI is InChI=1S/C12H16N4O2/c1-8-10(7-13-14-8)12(18)16-15-11(17)9-5-3-2-4-6-9/h2-3,7,9H,4-6H2,1H3,(H,13,14)(H,15,17)(H,16,18)/t9-/m0/s1. The molecule has 1 aromatic rings. The van der Waals surface area contributed by atoms with Crippen LogP contribution in [0.15, 0.2) is 18.3 Å². The number of nitrogens with one attached hydrogen (secondary N) is 3. The molecule has 18 heavy (non-hydrogen) atoms. The van der Waals surface area contributed by atoms with E-state index in [0.717, 1.165) is 19.3 Å². The number of aryl methyl sites for hydroxylation is 1. The maximum absolute atomic E-state index is 11.8. The Kier molecular flexibility index (Phi) is 3.76. The van der Waals surface area contributed by atoms with E-state index in [9.17, 15) is 9.59 Å². The summed E-state index contributed by atoms with van der Waals surface area (Å²) in [4.78, 5) is 23.5. The van der Waals surface area contributed by atoms with Crippen molar-refractivity contribution < 1.29 is 9.59 Å². The van der Waals surface area contributed by atoms with Gasteiger partial charge in [-0.05, 0) is 26.2 Å². The summed E-state index contributed by atoms with van der Waals surface area (Å²) in [6, 6.07) is 0. The van der Waals surface area contributed by atoms with Crippen LogP contribution in [0.5, 0.6) is 0 Å². The summed E-state index contributed by atoms with van der Waals surface area (Å²) >= 11 is 0. The fourth-order valence-electron chi connectivity index (χ4n) is 1.90. The van der Waals surface area contributed by atoms with Gasteiger partial charge in [-0.1, -0.05) is 12.2 Å². The minimum Gasteiger partial charge on any atom is -0.282 e. The van der Waals surface area contributed by atoms with E-state index in [2.05, 4.69) is 27.1 Å². The Morgan fingerprint density at radius 3 is 2.83 bits per heavy atom. The predicted octanol–water partition coefficient (Wildman–Crippen LogP) is 0.835. The zero-order valence-electron chi connectivity index (χ0n) is 10.2. The second-order valence-electron chi connectivity index (χ2n) is 4.33. The zero-order chi connectivity index (χ0) is 13.0. The summed E-state index contributed by atoms with van der Waals surface area (Å²) in [7, 11) is 0. The highest BCUT2D eigenvalue weighted by Gasteiger charge is 2.19. The molecule has 0 saturated carbocycles. The van der Waals surface area contributed by atoms with Crippen LogP contribution in [-0.4, -0.2) is 22.0 Å². The lowest BCUT2D eigenvalue weighted by Crippen LogP contribution is -2.44. The molecule has 0 unspecified atom stereocenters. The van der Waals surface area contributed by atoms with E-state index in [-0.39, 0.29) is 17.7 Å². The average molecular weight is 248 g/mol. The van der Waals surface area contributed by atoms with Crippen molar-refractivity contribution in [2.24, 2.45) is 5.92 Å². The van der Waals surface area contributed by atoms with Gasteiger partial charge in [-0.3, -0.25) is 25.5 Å². The molecule has 1 atom stereocenters. The van der Waals surface area contributed by atoms with Crippen molar-refractivity contribution in [3.05, 3.63) is 29.6 Å². The number of carbonyl (C=O) groups excluding carboxylic acids is 2. The Bertz CT molecular complexity index is 478. The van der Waals surface area contributed by atoms with Gasteiger partial charge in [-0.2, -0.15) is 5.10 Å². The lowest BCUT2D eigenvalue weighted by atomic mass is 9.94. The van der Waals surface area contributed by atoms with Gasteiger partial charge in [0.05, 0.1) is 11.8 Å². The first-order valence-corrected chi connectivity index (χ1v) is 5.93. The SMILES string of the molecule is Cc1[nH]ncc1C(=O)NNC(=O)[C@H]1CC=CCC1. The predicted molar refractivity (Wildman–Crippen MR) is 65.4 cm³/mol. The van der Waals surface area contributed by atoms with E-state index >= 15 is 0 Å². The molecule has 1 heterocycles. The van der Waals surface area contributed by atoms with Crippen LogP contribution in [0, 0.1) is 12.8 Å². The molecule has 0 spiro atoms. The molecule has 0 aliphatic heterocycles. The molecule has 6 nitrogen and oxygen atoms in total. The highest BCUT2D eigenvalue weighted by atomic mass is 16.2. The number of nitrogens with zero attached hydrogens (tertiary/aromatic N) is 1. The quantitative estimate of drug-likeness (QED) is 0.535. The lowest BCUT2D eigenvalue weighted by molar-refractivity contribution is -0.126. The number of hydrogen-bond donors (Lipinski definition) is 3. The molecule has 96 valence electrons. The van der Waals surface area contributed by atoms with Crippen molar-refractivity contribution in [1.29, 1.82) is 0 Å². The molecular weight excluding hydrogens is 232 g/mol. The Morgan fingerprint density at radius 2 is 2.22 bits per heavy atom. The molecule has 2 amide bonds. The van der Waals surface area contributed by atoms with Crippen LogP contribution in [0.1, 0.15) is 35.3 Å². The third-order valence-electron chi connectivity index (χ3n) is 3.01. The number of rotatable bonds is 2. The van der Waals surface area contributed by atoms with Gasteiger partial charge < -0.3 is 0 Å². The Hall–Kier alpha value is -2.11. The van der Waals surface area contributed by atoms with Crippen molar-refractivity contribution >= 4 is 11.8 Å². The normalized spacial score (nSPS) is 18.4. The molecular formula is C12H16N4O2. The van der Waals surface area contributed by atoms with Crippen molar-refractivity contribution in [3.8, 4) is 0 Å². The van der Waals surface area contributed by atoms with E-state index in [1.54, 1.807) is 6.92 Å². The summed E-state index contributed by atoms with van der Waals surface area (Å²) in [5, 5.41) is 6.42. The van der Waals surface area contributed by atoms with Crippen LogP contribution in [0.25, 0.3) is 0 Å². The Labute approximate surface area is 105 Å². The lowest BCUT2D eigenvalue weighted by Gasteiger charge is -2.17. The van der Waals surface area contributed by atoms with Crippen molar-refractivity contribution in [2.45, 2.75) is 26.2 Å². The Balaban J connectivity index is 1.84. The van der Waals surface area contributed by atoms with Gasteiger partial charge >= 0.3 is 0 Å². The summed E-state index contributed by atoms with van der Waals surface area (Å²) < 4.78 is 0. The summed E-state index contributed by atoms with van der Waals surface area (Å²) in [5.74, 6) is -0.560. The first kappa shape index (κ1) is 12.3. The number of hydrogen-bond acceptors (Lipinski definition) is 3. The molecule has 0 saturated heterocycles. The number of H-pyrrole nitrogens is 1. The second-order valence-corrected chi connectivity index (χ2v) is 4.33. The first-order valence-electron chi connectivity index (χ1n) is 5.93. The molecule has 2 rings (SSSR count). The zero-order valence-corrected chi connectivity index (χ0v) is 10.2. The molecule has 0 bridgehead atoms. The van der Waals surface area contributed by atoms with E-state index in [4.69, 9.17) is 0 Å². The summed E-state index contributed by atoms with van der Waals surface area (Å²) in [6.07, 6.45) is 7.95. The highest BCUT2D eigenvalue weighted by Crippen LogP contribution is 2.17. The maximum atomic E-state index is 11.8. The highest BCUT2D eigenvalue weighted by molar-refractivity contribution is 5.96. The number of hydrazine groups is 1. The number of carbonyl (C=O) groups is 2. The van der Waals surface area contributed by atoms with E-state index in [0.29, 0.717) is 11.3 Å². The van der Waals surface area contributed by atoms with Gasteiger partial charge in [0, 0.05) is 11.6 Å². The van der Waals surface area contributed by atoms with Gasteiger partial charge in [0.25, 0.3) is 5.91 Å². The van der Waals surface area contributed by atoms with Crippen LogP contribution < -0.4 is 10.9 Å². The molecule has 0 aromatic carbocycles. The van der Waals surface area contributed by atoms with Crippen molar-refractivity contribution in [1.82, 2.24) is 21.0 Å². The minimum atomic E-state index is -0.360. The average Bonchev–Trinajstić information content (AvgIpc) is 2.83. The molecule has 3 N–H and O–H groups in total. The van der Waals surface area contributed by atoms with Crippen molar-refractivity contribution in [3.63, 3.8) is 0 Å². The van der Waals surface area contributed by atoms with E-state index in [1.807, 2.05) is 6.08 Å². The number of allylic oxidation sites excluding steroid dienone is 2. The van der Waals surface area contributed by atoms with Gasteiger partial charge in [0.15, 0.2) is 0 Å². The minimum absolute atomic E-state index is 0.0549. The Morgan fingerprint density at radius 1 is 1.39 bits per heavy atom. The largest absolute Gasteiger partial charge is 0.282 e. The number of aromatic amines is 1. The van der Waals surface area contributed by atoms with Crippen LogP contribution in [0.2, 0.25) is 0 Å². The van der Waals surface area contributed by atoms with Crippen LogP contribution in [-0.2, 0) is 4.79 Å². The number of amides is 2. The first-order chi connectivity index (χ1) is 8.68. The summed E-state index contributed by atoms with van der Waals surface area (Å²) in [5.41, 5.74) is 5.95. The maximum Gasteiger partial charge on any atom is 0.273 e. The van der Waals surface area contributed by atoms with Gasteiger partial charge in [0.1, 0.15) is 0 Å². The molecule has 0 fully saturated rings. The molecule has 1 aromatic heterocycles. The van der Waals surface area contributed by atoms with Gasteiger partial charge in [-0.25, -0.2) is 0 Å². The second kappa shape index (κ2) is 5.48. The molecule has 1 aliphatic rings. The van der Waals surface area contributed by atoms with Gasteiger partial charge in [-0.15, -0.1) is 0 Å². The molecule has 0 radical (unpaired) electrons. The fourth-order valence-corrected chi connectivity index (χ4v) is 1.90. The van der Waals surface area contributed by atoms with Crippen LogP contribution in [0.4, 0.5) is 0 Å². The van der Waals surface area contributed by atoms with Crippen LogP contribution in [0.3, 0.4) is 0 Å². The summed E-state index contributed by atoms with van der Waals surface area (Å²) in [6.45, 7) is 1.75. The topological polar surface area (TPSA) is 86.9 Å². The smallest absolute Gasteiger partial charge is 0.273 e. The third-order valence-corrected chi connectivity index (χ3v) is 3.01. The van der Waals surface area contributed by atoms with Gasteiger partial charge in [0.2, 0.25) is 5.91 Å².